The first-order valence-corrected chi connectivity index (χ1v) is 4.81. The van der Waals surface area contributed by atoms with E-state index in [4.69, 9.17) is 5.11 Å². The summed E-state index contributed by atoms with van der Waals surface area (Å²) in [6.45, 7) is 4.75. The molecule has 0 amide bonds. The second-order valence-corrected chi connectivity index (χ2v) is 3.62. The molecule has 1 aromatic rings. The maximum Gasteiger partial charge on any atom is 0.309 e. The minimum atomic E-state index is -0.754. The highest BCUT2D eigenvalue weighted by Crippen LogP contribution is 2.08. The maximum atomic E-state index is 10.4. The Morgan fingerprint density at radius 2 is 2.21 bits per heavy atom. The van der Waals surface area contributed by atoms with Gasteiger partial charge in [-0.15, -0.1) is 0 Å². The molecule has 0 unspecified atom stereocenters. The van der Waals surface area contributed by atoms with E-state index in [1.807, 2.05) is 29.0 Å². The monoisotopic (exact) mass is 194 g/mol. The number of carbonyl (C=O) groups is 1. The minimum absolute atomic E-state index is 0.175. The van der Waals surface area contributed by atoms with Gasteiger partial charge in [-0.05, 0) is 0 Å². The smallest absolute Gasteiger partial charge is 0.309 e. The largest absolute Gasteiger partial charge is 0.481 e. The molecule has 1 N–H and O–H groups in total. The summed E-state index contributed by atoms with van der Waals surface area (Å²) >= 11 is 0. The average molecular weight is 194 g/mol. The van der Waals surface area contributed by atoms with Crippen LogP contribution in [0.4, 0.5) is 0 Å². The lowest BCUT2D eigenvalue weighted by atomic mass is 10.1. The van der Waals surface area contributed by atoms with Gasteiger partial charge in [0.05, 0.1) is 0 Å². The van der Waals surface area contributed by atoms with E-state index in [1.165, 1.54) is 5.69 Å². The first-order valence-electron chi connectivity index (χ1n) is 4.81. The van der Waals surface area contributed by atoms with E-state index in [1.54, 1.807) is 0 Å². The SMILES string of the molecule is CC(C)c1cccc[n+]1CCC(=O)O. The van der Waals surface area contributed by atoms with Crippen molar-refractivity contribution in [1.29, 1.82) is 0 Å². The summed E-state index contributed by atoms with van der Waals surface area (Å²) in [7, 11) is 0. The van der Waals surface area contributed by atoms with Crippen molar-refractivity contribution in [1.82, 2.24) is 0 Å². The summed E-state index contributed by atoms with van der Waals surface area (Å²) in [6, 6.07) is 5.94. The topological polar surface area (TPSA) is 41.2 Å². The molecule has 1 heterocycles. The minimum Gasteiger partial charge on any atom is -0.481 e. The lowest BCUT2D eigenvalue weighted by molar-refractivity contribution is -0.704. The van der Waals surface area contributed by atoms with Crippen LogP contribution < -0.4 is 4.57 Å². The molecule has 1 aromatic heterocycles. The van der Waals surface area contributed by atoms with Gasteiger partial charge < -0.3 is 5.11 Å². The number of pyridine rings is 1. The molecule has 14 heavy (non-hydrogen) atoms. The average Bonchev–Trinajstić information content (AvgIpc) is 2.15. The van der Waals surface area contributed by atoms with Crippen LogP contribution in [0.1, 0.15) is 31.9 Å². The molecule has 1 rings (SSSR count). The van der Waals surface area contributed by atoms with E-state index in [2.05, 4.69) is 13.8 Å². The summed E-state index contributed by atoms with van der Waals surface area (Å²) in [5.41, 5.74) is 1.17. The Morgan fingerprint density at radius 3 is 2.79 bits per heavy atom. The van der Waals surface area contributed by atoms with Crippen molar-refractivity contribution >= 4 is 5.97 Å². The third-order valence-corrected chi connectivity index (χ3v) is 2.13. The van der Waals surface area contributed by atoms with Gasteiger partial charge in [0.15, 0.2) is 18.4 Å². The number of aryl methyl sites for hydroxylation is 1. The number of hydrogen-bond donors (Lipinski definition) is 1. The van der Waals surface area contributed by atoms with E-state index in [0.29, 0.717) is 12.5 Å². The molecular formula is C11H16NO2+. The fourth-order valence-corrected chi connectivity index (χ4v) is 1.43. The third kappa shape index (κ3) is 2.83. The molecule has 0 atom stereocenters. The highest BCUT2D eigenvalue weighted by Gasteiger charge is 2.13. The van der Waals surface area contributed by atoms with Crippen LogP contribution in [0.15, 0.2) is 24.4 Å². The van der Waals surface area contributed by atoms with E-state index < -0.39 is 5.97 Å². The molecule has 76 valence electrons. The van der Waals surface area contributed by atoms with E-state index in [9.17, 15) is 4.79 Å². The first kappa shape index (κ1) is 10.7. The highest BCUT2D eigenvalue weighted by molar-refractivity contribution is 5.66. The van der Waals surface area contributed by atoms with Crippen molar-refractivity contribution < 1.29 is 14.5 Å². The Balaban J connectivity index is 2.79. The number of carboxylic acids is 1. The van der Waals surface area contributed by atoms with Crippen LogP contribution in [-0.2, 0) is 11.3 Å². The van der Waals surface area contributed by atoms with Crippen LogP contribution >= 0.6 is 0 Å². The molecule has 3 nitrogen and oxygen atoms in total. The zero-order chi connectivity index (χ0) is 10.6. The maximum absolute atomic E-state index is 10.4. The van der Waals surface area contributed by atoms with Crippen LogP contribution in [0.5, 0.6) is 0 Å². The predicted octanol–water partition coefficient (Wildman–Crippen LogP) is 1.57. The molecule has 3 heteroatoms. The molecular weight excluding hydrogens is 178 g/mol. The summed E-state index contributed by atoms with van der Waals surface area (Å²) in [5.74, 6) is -0.332. The number of aliphatic carboxylic acids is 1. The van der Waals surface area contributed by atoms with Crippen LogP contribution in [0.2, 0.25) is 0 Å². The standard InChI is InChI=1S/C11H15NO2/c1-9(2)10-5-3-4-7-12(10)8-6-11(13)14/h3-5,7,9H,6,8H2,1-2H3/p+1. The van der Waals surface area contributed by atoms with Crippen molar-refractivity contribution in [2.45, 2.75) is 32.7 Å². The molecule has 0 aliphatic rings. The Hall–Kier alpha value is -1.38. The second kappa shape index (κ2) is 4.74. The van der Waals surface area contributed by atoms with Crippen LogP contribution in [0, 0.1) is 0 Å². The predicted molar refractivity (Wildman–Crippen MR) is 53.0 cm³/mol. The normalized spacial score (nSPS) is 10.5. The molecule has 0 fully saturated rings. The van der Waals surface area contributed by atoms with Crippen molar-refractivity contribution in [3.63, 3.8) is 0 Å². The molecule has 0 saturated carbocycles. The van der Waals surface area contributed by atoms with Crippen LogP contribution in [0.25, 0.3) is 0 Å². The zero-order valence-corrected chi connectivity index (χ0v) is 8.60. The van der Waals surface area contributed by atoms with Crippen molar-refractivity contribution in [3.05, 3.63) is 30.1 Å². The lowest BCUT2D eigenvalue weighted by Crippen LogP contribution is -2.39. The molecule has 0 aliphatic carbocycles. The van der Waals surface area contributed by atoms with Gasteiger partial charge in [0, 0.05) is 18.1 Å². The molecule has 0 aliphatic heterocycles. The fourth-order valence-electron chi connectivity index (χ4n) is 1.43. The highest BCUT2D eigenvalue weighted by atomic mass is 16.4. The van der Waals surface area contributed by atoms with Crippen molar-refractivity contribution in [2.24, 2.45) is 0 Å². The van der Waals surface area contributed by atoms with Gasteiger partial charge in [0.1, 0.15) is 6.42 Å². The number of aromatic nitrogens is 1. The number of rotatable bonds is 4. The lowest BCUT2D eigenvalue weighted by Gasteiger charge is -2.04. The molecule has 0 saturated heterocycles. The van der Waals surface area contributed by atoms with Gasteiger partial charge >= 0.3 is 5.97 Å². The molecule has 0 aromatic carbocycles. The van der Waals surface area contributed by atoms with Crippen molar-refractivity contribution in [2.75, 3.05) is 0 Å². The van der Waals surface area contributed by atoms with Crippen molar-refractivity contribution in [3.8, 4) is 0 Å². The number of hydrogen-bond acceptors (Lipinski definition) is 1. The summed E-state index contributed by atoms with van der Waals surface area (Å²) in [6.07, 6.45) is 2.10. The molecule has 0 bridgehead atoms. The van der Waals surface area contributed by atoms with Gasteiger partial charge in [-0.25, -0.2) is 4.57 Å². The van der Waals surface area contributed by atoms with E-state index >= 15 is 0 Å². The van der Waals surface area contributed by atoms with Crippen LogP contribution in [0.3, 0.4) is 0 Å². The zero-order valence-electron chi connectivity index (χ0n) is 8.60. The van der Waals surface area contributed by atoms with E-state index in [-0.39, 0.29) is 6.42 Å². The Morgan fingerprint density at radius 1 is 1.50 bits per heavy atom. The van der Waals surface area contributed by atoms with Gasteiger partial charge in [0.2, 0.25) is 0 Å². The number of carboxylic acid groups (broad SMARTS) is 1. The first-order chi connectivity index (χ1) is 6.61. The second-order valence-electron chi connectivity index (χ2n) is 3.62. The third-order valence-electron chi connectivity index (χ3n) is 2.13. The van der Waals surface area contributed by atoms with Crippen LogP contribution in [-0.4, -0.2) is 11.1 Å². The van der Waals surface area contributed by atoms with Gasteiger partial charge in [0.25, 0.3) is 0 Å². The molecule has 0 spiro atoms. The van der Waals surface area contributed by atoms with Gasteiger partial charge in [-0.1, -0.05) is 19.9 Å². The van der Waals surface area contributed by atoms with Gasteiger partial charge in [-0.3, -0.25) is 4.79 Å². The Bertz CT molecular complexity index is 321. The Labute approximate surface area is 84.0 Å². The van der Waals surface area contributed by atoms with Gasteiger partial charge in [-0.2, -0.15) is 0 Å². The number of nitrogens with zero attached hydrogens (tertiary/aromatic N) is 1. The summed E-state index contributed by atoms with van der Waals surface area (Å²) in [5, 5.41) is 8.59. The van der Waals surface area contributed by atoms with E-state index in [0.717, 1.165) is 0 Å². The molecule has 0 radical (unpaired) electrons. The summed E-state index contributed by atoms with van der Waals surface area (Å²) < 4.78 is 2.00. The summed E-state index contributed by atoms with van der Waals surface area (Å²) in [4.78, 5) is 10.4. The fraction of sp³-hybridized carbons (Fsp3) is 0.455. The quantitative estimate of drug-likeness (QED) is 0.739. The Kier molecular flexibility index (Phi) is 3.63.